The molecule has 38 heavy (non-hydrogen) atoms. The second kappa shape index (κ2) is 10.9. The molecule has 0 saturated carbocycles. The van der Waals surface area contributed by atoms with Gasteiger partial charge in [0, 0.05) is 35.7 Å². The number of anilines is 2. The van der Waals surface area contributed by atoms with Crippen molar-refractivity contribution >= 4 is 46.0 Å². The van der Waals surface area contributed by atoms with E-state index in [1.54, 1.807) is 30.3 Å². The molecule has 0 aliphatic rings. The predicted molar refractivity (Wildman–Crippen MR) is 139 cm³/mol. The number of benzene rings is 3. The summed E-state index contributed by atoms with van der Waals surface area (Å²) < 4.78 is 46.9. The first-order chi connectivity index (χ1) is 18.0. The van der Waals surface area contributed by atoms with Gasteiger partial charge in [0.2, 0.25) is 0 Å². The van der Waals surface area contributed by atoms with E-state index in [1.165, 1.54) is 13.1 Å². The number of ether oxygens (including phenoxy) is 1. The zero-order chi connectivity index (χ0) is 27.4. The van der Waals surface area contributed by atoms with E-state index in [4.69, 9.17) is 21.4 Å². The third-order valence-corrected chi connectivity index (χ3v) is 5.97. The number of rotatable bonds is 7. The average Bonchev–Trinajstić information content (AvgIpc) is 3.30. The number of alkyl halides is 3. The smallest absolute Gasteiger partial charge is 0.417 e. The van der Waals surface area contributed by atoms with E-state index >= 15 is 0 Å². The highest BCUT2D eigenvalue weighted by Crippen LogP contribution is 2.36. The van der Waals surface area contributed by atoms with Gasteiger partial charge in [-0.25, -0.2) is 9.59 Å². The van der Waals surface area contributed by atoms with E-state index in [2.05, 4.69) is 10.6 Å². The molecule has 198 valence electrons. The number of amides is 3. The lowest BCUT2D eigenvalue weighted by Gasteiger charge is -2.14. The Morgan fingerprint density at radius 1 is 1.03 bits per heavy atom. The summed E-state index contributed by atoms with van der Waals surface area (Å²) in [6.45, 7) is 0.416. The van der Waals surface area contributed by atoms with Crippen LogP contribution in [0.5, 0.6) is 5.75 Å². The molecule has 0 aliphatic heterocycles. The van der Waals surface area contributed by atoms with Crippen molar-refractivity contribution in [1.82, 2.24) is 9.47 Å². The summed E-state index contributed by atoms with van der Waals surface area (Å²) in [5.41, 5.74) is 0.986. The molecule has 0 unspecified atom stereocenters. The number of fused-ring (bicyclic) bond motifs is 1. The molecule has 3 amide bonds. The van der Waals surface area contributed by atoms with Crippen LogP contribution < -0.4 is 15.4 Å². The molecule has 0 fully saturated rings. The van der Waals surface area contributed by atoms with Crippen LogP contribution in [-0.2, 0) is 6.18 Å². The minimum absolute atomic E-state index is 0.0534. The number of carboxylic acid groups (broad SMARTS) is 1. The fourth-order valence-corrected chi connectivity index (χ4v) is 3.92. The summed E-state index contributed by atoms with van der Waals surface area (Å²) in [7, 11) is 1.46. The molecule has 0 aliphatic carbocycles. The van der Waals surface area contributed by atoms with Gasteiger partial charge in [0.15, 0.2) is 0 Å². The number of carbonyl (C=O) groups is 2. The molecule has 0 saturated heterocycles. The minimum atomic E-state index is -4.65. The topological polar surface area (TPSA) is 95.8 Å². The van der Waals surface area contributed by atoms with Gasteiger partial charge in [-0.05, 0) is 60.7 Å². The number of hydrogen-bond donors (Lipinski definition) is 3. The molecule has 0 spiro atoms. The maximum absolute atomic E-state index is 13.1. The van der Waals surface area contributed by atoms with Gasteiger partial charge in [0.25, 0.3) is 0 Å². The molecule has 0 atom stereocenters. The Kier molecular flexibility index (Phi) is 7.67. The SMILES string of the molecule is CN(CCOc1cccc2c1ccn2-c1ccc(NC(=O)Nc2ccc(Cl)c(C(F)(F)F)c2)cc1)C(=O)O. The second-order valence-corrected chi connectivity index (χ2v) is 8.65. The van der Waals surface area contributed by atoms with Gasteiger partial charge < -0.3 is 29.9 Å². The molecule has 4 aromatic rings. The maximum atomic E-state index is 13.1. The molecule has 1 aromatic heterocycles. The highest BCUT2D eigenvalue weighted by molar-refractivity contribution is 6.31. The Bertz CT molecular complexity index is 1470. The van der Waals surface area contributed by atoms with Gasteiger partial charge in [0.1, 0.15) is 12.4 Å². The van der Waals surface area contributed by atoms with Crippen LogP contribution >= 0.6 is 11.6 Å². The van der Waals surface area contributed by atoms with Gasteiger partial charge in [-0.15, -0.1) is 0 Å². The highest BCUT2D eigenvalue weighted by Gasteiger charge is 2.33. The molecule has 8 nitrogen and oxygen atoms in total. The lowest BCUT2D eigenvalue weighted by molar-refractivity contribution is -0.137. The lowest BCUT2D eigenvalue weighted by Crippen LogP contribution is -2.29. The number of aromatic nitrogens is 1. The monoisotopic (exact) mass is 546 g/mol. The van der Waals surface area contributed by atoms with Crippen molar-refractivity contribution in [3.8, 4) is 11.4 Å². The quantitative estimate of drug-likeness (QED) is 0.234. The number of halogens is 4. The van der Waals surface area contributed by atoms with E-state index in [9.17, 15) is 22.8 Å². The third-order valence-electron chi connectivity index (χ3n) is 5.64. The van der Waals surface area contributed by atoms with Crippen LogP contribution in [0.25, 0.3) is 16.6 Å². The zero-order valence-electron chi connectivity index (χ0n) is 19.9. The van der Waals surface area contributed by atoms with Crippen LogP contribution in [0.4, 0.5) is 34.1 Å². The fourth-order valence-electron chi connectivity index (χ4n) is 3.70. The van der Waals surface area contributed by atoms with Gasteiger partial charge in [-0.2, -0.15) is 13.2 Å². The van der Waals surface area contributed by atoms with E-state index in [0.29, 0.717) is 11.4 Å². The summed E-state index contributed by atoms with van der Waals surface area (Å²) in [5.74, 6) is 0.617. The zero-order valence-corrected chi connectivity index (χ0v) is 20.7. The summed E-state index contributed by atoms with van der Waals surface area (Å²) in [5, 5.41) is 14.3. The van der Waals surface area contributed by atoms with E-state index in [-0.39, 0.29) is 18.8 Å². The van der Waals surface area contributed by atoms with Crippen molar-refractivity contribution in [2.75, 3.05) is 30.8 Å². The second-order valence-electron chi connectivity index (χ2n) is 8.25. The third kappa shape index (κ3) is 6.12. The van der Waals surface area contributed by atoms with Gasteiger partial charge in [-0.1, -0.05) is 17.7 Å². The first kappa shape index (κ1) is 26.7. The van der Waals surface area contributed by atoms with Crippen LogP contribution in [-0.4, -0.2) is 46.9 Å². The number of hydrogen-bond acceptors (Lipinski definition) is 3. The summed E-state index contributed by atoms with van der Waals surface area (Å²) in [4.78, 5) is 24.4. The number of urea groups is 1. The molecular formula is C26H22ClF3N4O4. The van der Waals surface area contributed by atoms with Gasteiger partial charge >= 0.3 is 18.3 Å². The molecule has 3 aromatic carbocycles. The largest absolute Gasteiger partial charge is 0.491 e. The number of likely N-dealkylation sites (N-methyl/N-ethyl adjacent to an activating group) is 1. The molecule has 3 N–H and O–H groups in total. The van der Waals surface area contributed by atoms with Gasteiger partial charge in [0.05, 0.1) is 22.6 Å². The first-order valence-corrected chi connectivity index (χ1v) is 11.6. The Morgan fingerprint density at radius 3 is 2.39 bits per heavy atom. The number of carbonyl (C=O) groups excluding carboxylic acids is 1. The number of nitrogens with one attached hydrogen (secondary N) is 2. The lowest BCUT2D eigenvalue weighted by atomic mass is 10.2. The molecule has 1 heterocycles. The van der Waals surface area contributed by atoms with E-state index < -0.39 is 28.9 Å². The molecular weight excluding hydrogens is 525 g/mol. The fraction of sp³-hybridized carbons (Fsp3) is 0.154. The minimum Gasteiger partial charge on any atom is -0.491 e. The Balaban J connectivity index is 1.43. The van der Waals surface area contributed by atoms with Crippen molar-refractivity contribution < 1.29 is 32.6 Å². The molecule has 0 bridgehead atoms. The molecule has 12 heteroatoms. The van der Waals surface area contributed by atoms with Crippen LogP contribution in [0.1, 0.15) is 5.56 Å². The highest BCUT2D eigenvalue weighted by atomic mass is 35.5. The van der Waals surface area contributed by atoms with Crippen LogP contribution in [0.2, 0.25) is 5.02 Å². The summed E-state index contributed by atoms with van der Waals surface area (Å²) in [6.07, 6.45) is -3.82. The van der Waals surface area contributed by atoms with Crippen molar-refractivity contribution in [2.45, 2.75) is 6.18 Å². The molecule has 4 rings (SSSR count). The normalized spacial score (nSPS) is 11.3. The first-order valence-electron chi connectivity index (χ1n) is 11.2. The van der Waals surface area contributed by atoms with Crippen LogP contribution in [0, 0.1) is 0 Å². The Morgan fingerprint density at radius 2 is 1.71 bits per heavy atom. The molecule has 0 radical (unpaired) electrons. The Labute approximate surface area is 220 Å². The van der Waals surface area contributed by atoms with Crippen molar-refractivity contribution in [3.05, 3.63) is 83.5 Å². The van der Waals surface area contributed by atoms with Crippen LogP contribution in [0.15, 0.2) is 72.9 Å². The van der Waals surface area contributed by atoms with Crippen molar-refractivity contribution in [2.24, 2.45) is 0 Å². The maximum Gasteiger partial charge on any atom is 0.417 e. The van der Waals surface area contributed by atoms with Gasteiger partial charge in [-0.3, -0.25) is 0 Å². The number of nitrogens with zero attached hydrogens (tertiary/aromatic N) is 2. The predicted octanol–water partition coefficient (Wildman–Crippen LogP) is 6.94. The van der Waals surface area contributed by atoms with E-state index in [0.717, 1.165) is 33.6 Å². The van der Waals surface area contributed by atoms with Crippen molar-refractivity contribution in [3.63, 3.8) is 0 Å². The average molecular weight is 547 g/mol. The standard InChI is InChI=1S/C26H22ClF3N4O4/c1-33(25(36)37)13-14-38-23-4-2-3-22-19(23)11-12-34(22)18-8-5-16(6-9-18)31-24(35)32-17-7-10-21(27)20(15-17)26(28,29)30/h2-12,15H,13-14H2,1H3,(H,36,37)(H2,31,32,35). The Hall–Kier alpha value is -4.38. The van der Waals surface area contributed by atoms with Crippen LogP contribution in [0.3, 0.4) is 0 Å². The summed E-state index contributed by atoms with van der Waals surface area (Å²) >= 11 is 5.61. The van der Waals surface area contributed by atoms with Crippen molar-refractivity contribution in [1.29, 1.82) is 0 Å². The summed E-state index contributed by atoms with van der Waals surface area (Å²) in [6, 6.07) is 16.7. The van der Waals surface area contributed by atoms with E-state index in [1.807, 2.05) is 29.0 Å².